The third kappa shape index (κ3) is 11.4. The predicted octanol–water partition coefficient (Wildman–Crippen LogP) is 2.78. The number of thioether (sulfide) groups is 1. The Hall–Kier alpha value is -2.68. The molecule has 1 N–H and O–H groups in total. The van der Waals surface area contributed by atoms with E-state index in [4.69, 9.17) is 9.84 Å². The van der Waals surface area contributed by atoms with Gasteiger partial charge in [0, 0.05) is 18.8 Å². The summed E-state index contributed by atoms with van der Waals surface area (Å²) >= 11 is 0.777. The zero-order valence-corrected chi connectivity index (χ0v) is 18.3. The zero-order valence-electron chi connectivity index (χ0n) is 17.5. The standard InChI is InChI=1S/C11H15NO2.C7H8O.C4H5NO2S/c1-12(2)8-11(13)14-9-10-6-4-3-5-7-10;8-6-7-4-2-1-3-5-7;1-5-2-3(6)8-4(5)7/h3-7H,8-9H2,1-2H3;1-5,8H,6H2;2H2,1H3. The van der Waals surface area contributed by atoms with E-state index in [0.717, 1.165) is 22.9 Å². The predicted molar refractivity (Wildman–Crippen MR) is 118 cm³/mol. The van der Waals surface area contributed by atoms with Crippen LogP contribution in [0.2, 0.25) is 0 Å². The monoisotopic (exact) mass is 432 g/mol. The van der Waals surface area contributed by atoms with Crippen LogP contribution in [-0.2, 0) is 27.5 Å². The maximum absolute atomic E-state index is 11.2. The Morgan fingerprint density at radius 3 is 1.90 bits per heavy atom. The van der Waals surface area contributed by atoms with Crippen molar-refractivity contribution in [1.82, 2.24) is 9.80 Å². The number of carbonyl (C=O) groups is 3. The number of amides is 1. The van der Waals surface area contributed by atoms with Gasteiger partial charge in [0.1, 0.15) is 6.61 Å². The van der Waals surface area contributed by atoms with Crippen molar-refractivity contribution in [3.8, 4) is 0 Å². The summed E-state index contributed by atoms with van der Waals surface area (Å²) in [5, 5.41) is 8.34. The molecule has 0 radical (unpaired) electrons. The van der Waals surface area contributed by atoms with E-state index in [1.54, 1.807) is 11.9 Å². The van der Waals surface area contributed by atoms with Crippen molar-refractivity contribution >= 4 is 28.1 Å². The van der Waals surface area contributed by atoms with Crippen molar-refractivity contribution in [2.45, 2.75) is 13.2 Å². The fourth-order valence-corrected chi connectivity index (χ4v) is 2.76. The highest BCUT2D eigenvalue weighted by atomic mass is 32.2. The summed E-state index contributed by atoms with van der Waals surface area (Å²) in [6.07, 6.45) is 0. The summed E-state index contributed by atoms with van der Waals surface area (Å²) < 4.78 is 5.06. The Kier molecular flexibility index (Phi) is 12.1. The van der Waals surface area contributed by atoms with Crippen molar-refractivity contribution in [2.75, 3.05) is 34.2 Å². The van der Waals surface area contributed by atoms with Gasteiger partial charge in [-0.25, -0.2) is 0 Å². The molecule has 1 saturated heterocycles. The minimum absolute atomic E-state index is 0.0579. The van der Waals surface area contributed by atoms with Gasteiger partial charge in [-0.15, -0.1) is 0 Å². The van der Waals surface area contributed by atoms with Gasteiger partial charge in [0.25, 0.3) is 5.24 Å². The molecule has 3 rings (SSSR count). The lowest BCUT2D eigenvalue weighted by Gasteiger charge is -2.09. The van der Waals surface area contributed by atoms with Crippen LogP contribution in [0.25, 0.3) is 0 Å². The first-order valence-corrected chi connectivity index (χ1v) is 10.1. The normalized spacial score (nSPS) is 12.6. The Labute approximate surface area is 181 Å². The van der Waals surface area contributed by atoms with Gasteiger partial charge in [0.15, 0.2) is 0 Å². The lowest BCUT2D eigenvalue weighted by atomic mass is 10.2. The SMILES string of the molecule is CN(C)CC(=O)OCc1ccccc1.CN1CC(=O)SC1=O.OCc1ccccc1. The number of benzene rings is 2. The van der Waals surface area contributed by atoms with Crippen LogP contribution in [0.3, 0.4) is 0 Å². The fraction of sp³-hybridized carbons (Fsp3) is 0.318. The molecule has 2 aromatic rings. The van der Waals surface area contributed by atoms with E-state index in [0.29, 0.717) is 13.2 Å². The van der Waals surface area contributed by atoms with E-state index in [1.807, 2.05) is 74.8 Å². The molecule has 0 atom stereocenters. The Morgan fingerprint density at radius 1 is 1.03 bits per heavy atom. The lowest BCUT2D eigenvalue weighted by molar-refractivity contribution is -0.145. The van der Waals surface area contributed by atoms with Gasteiger partial charge in [0.05, 0.1) is 19.7 Å². The number of nitrogens with zero attached hydrogens (tertiary/aromatic N) is 2. The Morgan fingerprint density at radius 2 is 1.57 bits per heavy atom. The molecule has 30 heavy (non-hydrogen) atoms. The molecule has 1 aliphatic rings. The lowest BCUT2D eigenvalue weighted by Crippen LogP contribution is -2.23. The van der Waals surface area contributed by atoms with Gasteiger partial charge in [-0.2, -0.15) is 0 Å². The van der Waals surface area contributed by atoms with E-state index >= 15 is 0 Å². The highest BCUT2D eigenvalue weighted by Crippen LogP contribution is 2.16. The molecule has 162 valence electrons. The van der Waals surface area contributed by atoms with Crippen LogP contribution in [0, 0.1) is 0 Å². The van der Waals surface area contributed by atoms with Crippen molar-refractivity contribution in [2.24, 2.45) is 0 Å². The highest BCUT2D eigenvalue weighted by Gasteiger charge is 2.24. The summed E-state index contributed by atoms with van der Waals surface area (Å²) in [5.41, 5.74) is 1.98. The summed E-state index contributed by atoms with van der Waals surface area (Å²) in [6.45, 7) is 1.09. The van der Waals surface area contributed by atoms with Gasteiger partial charge in [-0.3, -0.25) is 19.3 Å². The van der Waals surface area contributed by atoms with Gasteiger partial charge < -0.3 is 14.7 Å². The Balaban J connectivity index is 0.000000240. The average Bonchev–Trinajstić information content (AvgIpc) is 3.03. The molecule has 8 heteroatoms. The number of aliphatic hydroxyl groups excluding tert-OH is 1. The molecule has 0 aromatic heterocycles. The number of esters is 1. The molecule has 1 fully saturated rings. The van der Waals surface area contributed by atoms with Crippen LogP contribution >= 0.6 is 11.8 Å². The quantitative estimate of drug-likeness (QED) is 0.727. The van der Waals surface area contributed by atoms with E-state index in [9.17, 15) is 14.4 Å². The van der Waals surface area contributed by atoms with Crippen molar-refractivity contribution in [1.29, 1.82) is 0 Å². The van der Waals surface area contributed by atoms with Crippen molar-refractivity contribution in [3.05, 3.63) is 71.8 Å². The van der Waals surface area contributed by atoms with Crippen LogP contribution in [0.15, 0.2) is 60.7 Å². The van der Waals surface area contributed by atoms with Gasteiger partial charge in [0.2, 0.25) is 5.12 Å². The number of carbonyl (C=O) groups excluding carboxylic acids is 3. The summed E-state index contributed by atoms with van der Waals surface area (Å²) in [6, 6.07) is 19.2. The van der Waals surface area contributed by atoms with Crippen LogP contribution in [0.1, 0.15) is 11.1 Å². The number of ether oxygens (including phenoxy) is 1. The van der Waals surface area contributed by atoms with Crippen LogP contribution in [0.4, 0.5) is 4.79 Å². The second-order valence-electron chi connectivity index (χ2n) is 6.62. The molecule has 1 amide bonds. The minimum Gasteiger partial charge on any atom is -0.460 e. The second-order valence-corrected chi connectivity index (χ2v) is 7.63. The van der Waals surface area contributed by atoms with Crippen LogP contribution in [0.5, 0.6) is 0 Å². The van der Waals surface area contributed by atoms with Crippen LogP contribution in [-0.4, -0.2) is 65.5 Å². The first kappa shape index (κ1) is 25.4. The molecule has 1 heterocycles. The molecule has 1 aliphatic heterocycles. The molecular weight excluding hydrogens is 404 g/mol. The van der Waals surface area contributed by atoms with Crippen molar-refractivity contribution < 1.29 is 24.2 Å². The maximum atomic E-state index is 11.2. The number of hydrogen-bond acceptors (Lipinski definition) is 7. The zero-order chi connectivity index (χ0) is 22.4. The van der Waals surface area contributed by atoms with Gasteiger partial charge in [-0.1, -0.05) is 60.7 Å². The molecule has 0 saturated carbocycles. The third-order valence-corrected chi connectivity index (χ3v) is 4.44. The average molecular weight is 433 g/mol. The van der Waals surface area contributed by atoms with E-state index in [-0.39, 0.29) is 29.5 Å². The molecule has 7 nitrogen and oxygen atoms in total. The van der Waals surface area contributed by atoms with Crippen LogP contribution < -0.4 is 0 Å². The molecular formula is C22H28N2O5S. The topological polar surface area (TPSA) is 87.2 Å². The summed E-state index contributed by atoms with van der Waals surface area (Å²) in [4.78, 5) is 35.2. The molecule has 0 unspecified atom stereocenters. The third-order valence-electron chi connectivity index (χ3n) is 3.59. The first-order valence-electron chi connectivity index (χ1n) is 9.26. The van der Waals surface area contributed by atoms with E-state index < -0.39 is 0 Å². The number of hydrogen-bond donors (Lipinski definition) is 1. The number of likely N-dealkylation sites (N-methyl/N-ethyl adjacent to an activating group) is 2. The van der Waals surface area contributed by atoms with Gasteiger partial charge in [-0.05, 0) is 25.2 Å². The number of aliphatic hydroxyl groups is 1. The largest absolute Gasteiger partial charge is 0.460 e. The highest BCUT2D eigenvalue weighted by molar-refractivity contribution is 8.26. The molecule has 0 spiro atoms. The summed E-state index contributed by atoms with van der Waals surface area (Å²) in [5.74, 6) is -0.196. The number of rotatable bonds is 5. The minimum atomic E-state index is -0.196. The fourth-order valence-electron chi connectivity index (χ4n) is 2.09. The smallest absolute Gasteiger partial charge is 0.320 e. The molecule has 2 aromatic carbocycles. The first-order chi connectivity index (χ1) is 14.3. The molecule has 0 bridgehead atoms. The second kappa shape index (κ2) is 14.3. The van der Waals surface area contributed by atoms with Crippen molar-refractivity contribution in [3.63, 3.8) is 0 Å². The Bertz CT molecular complexity index is 785. The van der Waals surface area contributed by atoms with E-state index in [1.165, 1.54) is 4.90 Å². The maximum Gasteiger partial charge on any atom is 0.320 e. The van der Waals surface area contributed by atoms with E-state index in [2.05, 4.69) is 0 Å². The molecule has 0 aliphatic carbocycles. The van der Waals surface area contributed by atoms with Gasteiger partial charge >= 0.3 is 5.97 Å². The summed E-state index contributed by atoms with van der Waals surface area (Å²) in [7, 11) is 5.29.